The molecule has 196 valence electrons. The Labute approximate surface area is 224 Å². The smallest absolute Gasteiger partial charge is 0.160 e. The van der Waals surface area contributed by atoms with Crippen LogP contribution < -0.4 is 11.1 Å². The maximum absolute atomic E-state index is 11.5. The molecule has 1 fully saturated rings. The summed E-state index contributed by atoms with van der Waals surface area (Å²) in [5.41, 5.74) is 9.44. The van der Waals surface area contributed by atoms with Crippen LogP contribution in [0, 0.1) is 5.92 Å². The van der Waals surface area contributed by atoms with Gasteiger partial charge in [0, 0.05) is 41.9 Å². The highest BCUT2D eigenvalue weighted by molar-refractivity contribution is 6.08. The van der Waals surface area contributed by atoms with Crippen LogP contribution in [0.15, 0.2) is 96.2 Å². The van der Waals surface area contributed by atoms with Gasteiger partial charge in [0.05, 0.1) is 5.92 Å². The molecule has 2 aliphatic carbocycles. The summed E-state index contributed by atoms with van der Waals surface area (Å²) in [5, 5.41) is 8.26. The van der Waals surface area contributed by atoms with Crippen molar-refractivity contribution < 1.29 is 14.4 Å². The molecule has 0 radical (unpaired) electrons. The molecule has 0 unspecified atom stereocenters. The Balaban J connectivity index is 0.000000171. The van der Waals surface area contributed by atoms with E-state index in [1.165, 1.54) is 21.5 Å². The van der Waals surface area contributed by atoms with Crippen molar-refractivity contribution >= 4 is 50.3 Å². The minimum Gasteiger partial charge on any atom is -0.399 e. The van der Waals surface area contributed by atoms with Crippen LogP contribution in [0.3, 0.4) is 0 Å². The predicted molar refractivity (Wildman–Crippen MR) is 158 cm³/mol. The van der Waals surface area contributed by atoms with Crippen LogP contribution in [0.1, 0.15) is 47.0 Å². The first-order valence-electron chi connectivity index (χ1n) is 12.6. The molecule has 0 spiro atoms. The van der Waals surface area contributed by atoms with Crippen molar-refractivity contribution in [3.05, 3.63) is 96.2 Å². The van der Waals surface area contributed by atoms with Crippen LogP contribution in [-0.2, 0) is 14.4 Å². The first-order valence-corrected chi connectivity index (χ1v) is 12.6. The number of carbonyl (C=O) groups is 3. The maximum Gasteiger partial charge on any atom is 0.160 e. The fourth-order valence-electron chi connectivity index (χ4n) is 4.45. The summed E-state index contributed by atoms with van der Waals surface area (Å²) in [6.07, 6.45) is 2.42. The van der Waals surface area contributed by atoms with E-state index in [1.807, 2.05) is 49.4 Å². The van der Waals surface area contributed by atoms with Crippen molar-refractivity contribution in [1.29, 1.82) is 0 Å². The van der Waals surface area contributed by atoms with Gasteiger partial charge in [0.25, 0.3) is 0 Å². The van der Waals surface area contributed by atoms with E-state index in [9.17, 15) is 14.4 Å². The second-order valence-electron chi connectivity index (χ2n) is 9.47. The van der Waals surface area contributed by atoms with E-state index in [-0.39, 0.29) is 30.7 Å². The van der Waals surface area contributed by atoms with Crippen molar-refractivity contribution in [2.75, 3.05) is 11.1 Å². The first-order chi connectivity index (χ1) is 17.8. The Morgan fingerprint density at radius 3 is 1.71 bits per heavy atom. The molecule has 38 heavy (non-hydrogen) atoms. The van der Waals surface area contributed by atoms with E-state index in [2.05, 4.69) is 47.8 Å². The van der Waals surface area contributed by atoms with Crippen LogP contribution in [0.2, 0.25) is 0 Å². The lowest BCUT2D eigenvalue weighted by Crippen LogP contribution is -2.08. The van der Waals surface area contributed by atoms with E-state index in [0.29, 0.717) is 19.3 Å². The number of nitrogens with one attached hydrogen (secondary N) is 1. The van der Waals surface area contributed by atoms with E-state index >= 15 is 0 Å². The van der Waals surface area contributed by atoms with Crippen LogP contribution >= 0.6 is 0 Å². The fraction of sp³-hybridized carbons (Fsp3) is 0.242. The highest BCUT2D eigenvalue weighted by Gasteiger charge is 2.27. The predicted octanol–water partition coefficient (Wildman–Crippen LogP) is 7.50. The third kappa shape index (κ3) is 6.94. The summed E-state index contributed by atoms with van der Waals surface area (Å²) in [6.45, 7) is 3.58. The number of hydrogen-bond donors (Lipinski definition) is 2. The van der Waals surface area contributed by atoms with Crippen LogP contribution in [-0.4, -0.2) is 17.3 Å². The average molecular weight is 509 g/mol. The molecule has 1 saturated carbocycles. The van der Waals surface area contributed by atoms with E-state index < -0.39 is 0 Å². The van der Waals surface area contributed by atoms with Gasteiger partial charge in [-0.25, -0.2) is 0 Å². The van der Waals surface area contributed by atoms with Gasteiger partial charge in [-0.3, -0.25) is 14.4 Å². The first kappa shape index (κ1) is 28.3. The summed E-state index contributed by atoms with van der Waals surface area (Å²) >= 11 is 0. The monoisotopic (exact) mass is 508 g/mol. The maximum atomic E-state index is 11.5. The summed E-state index contributed by atoms with van der Waals surface area (Å²) in [7, 11) is 0. The number of anilines is 2. The van der Waals surface area contributed by atoms with Gasteiger partial charge < -0.3 is 11.1 Å². The lowest BCUT2D eigenvalue weighted by Gasteiger charge is -2.09. The third-order valence-electron chi connectivity index (χ3n) is 6.87. The minimum atomic E-state index is -0.296. The summed E-state index contributed by atoms with van der Waals surface area (Å²) in [4.78, 5) is 32.6. The number of fused-ring (bicyclic) bond motifs is 2. The number of nitrogen functional groups attached to an aromatic ring is 1. The van der Waals surface area contributed by atoms with Gasteiger partial charge in [0.2, 0.25) is 0 Å². The number of hydrogen-bond acceptors (Lipinski definition) is 5. The molecule has 0 amide bonds. The number of benzene rings is 4. The molecule has 0 bridgehead atoms. The van der Waals surface area contributed by atoms with Gasteiger partial charge in [-0.05, 0) is 66.1 Å². The van der Waals surface area contributed by atoms with Gasteiger partial charge in [0.1, 0.15) is 11.6 Å². The Morgan fingerprint density at radius 2 is 1.21 bits per heavy atom. The Kier molecular flexibility index (Phi) is 9.55. The quantitative estimate of drug-likeness (QED) is 0.216. The molecule has 0 aromatic heterocycles. The average Bonchev–Trinajstić information content (AvgIpc) is 3.39. The molecule has 4 aromatic rings. The zero-order valence-corrected chi connectivity index (χ0v) is 21.3. The number of ketones is 3. The third-order valence-corrected chi connectivity index (χ3v) is 6.87. The Bertz CT molecular complexity index is 1490. The number of carbonyl (C=O) groups excluding carboxylic acids is 3. The topological polar surface area (TPSA) is 89.3 Å². The minimum absolute atomic E-state index is 0. The van der Waals surface area contributed by atoms with Gasteiger partial charge in [-0.15, -0.1) is 0 Å². The van der Waals surface area contributed by atoms with Crippen molar-refractivity contribution in [1.82, 2.24) is 0 Å². The standard InChI is InChI=1S/C16H15NO.C10H9N.C6H8O2.CH4/c1-11-15(8-9-16(11)18)17-14-7-6-12-4-2-3-5-13(12)10-14;11-10-6-5-8-3-1-2-4-9(8)7-10;1-4-5(7)2-3-6(4)8;/h2-7,10,17H,8-9H2,1H3;1-7H,11H2;4H,2-3H2,1H3;1H4. The second-order valence-corrected chi connectivity index (χ2v) is 9.47. The van der Waals surface area contributed by atoms with E-state index in [0.717, 1.165) is 29.1 Å². The lowest BCUT2D eigenvalue weighted by atomic mass is 10.1. The van der Waals surface area contributed by atoms with E-state index in [1.54, 1.807) is 6.92 Å². The molecule has 0 saturated heterocycles. The highest BCUT2D eigenvalue weighted by atomic mass is 16.2. The van der Waals surface area contributed by atoms with Crippen LogP contribution in [0.5, 0.6) is 0 Å². The fourth-order valence-corrected chi connectivity index (χ4v) is 4.45. The van der Waals surface area contributed by atoms with Crippen molar-refractivity contribution in [2.24, 2.45) is 5.92 Å². The van der Waals surface area contributed by atoms with E-state index in [4.69, 9.17) is 5.73 Å². The number of nitrogens with two attached hydrogens (primary N) is 1. The van der Waals surface area contributed by atoms with Crippen molar-refractivity contribution in [3.8, 4) is 0 Å². The molecule has 0 aliphatic heterocycles. The second kappa shape index (κ2) is 12.8. The molecular weight excluding hydrogens is 472 g/mol. The highest BCUT2D eigenvalue weighted by Crippen LogP contribution is 2.26. The van der Waals surface area contributed by atoms with Crippen molar-refractivity contribution in [2.45, 2.75) is 47.0 Å². The Hall–Kier alpha value is -4.25. The number of allylic oxidation sites excluding steroid dienone is 2. The lowest BCUT2D eigenvalue weighted by molar-refractivity contribution is -0.126. The summed E-state index contributed by atoms with van der Waals surface area (Å²) < 4.78 is 0. The Morgan fingerprint density at radius 1 is 0.684 bits per heavy atom. The van der Waals surface area contributed by atoms with Gasteiger partial charge in [0.15, 0.2) is 5.78 Å². The normalized spacial score (nSPS) is 15.1. The summed E-state index contributed by atoms with van der Waals surface area (Å²) in [6, 6.07) is 28.7. The number of rotatable bonds is 2. The molecule has 0 heterocycles. The van der Waals surface area contributed by atoms with Crippen molar-refractivity contribution in [3.63, 3.8) is 0 Å². The van der Waals surface area contributed by atoms with Crippen LogP contribution in [0.25, 0.3) is 21.5 Å². The molecule has 0 atom stereocenters. The summed E-state index contributed by atoms with van der Waals surface area (Å²) in [5.74, 6) is 0.179. The zero-order chi connectivity index (χ0) is 26.4. The molecule has 3 N–H and O–H groups in total. The molecule has 4 aromatic carbocycles. The van der Waals surface area contributed by atoms with Gasteiger partial charge in [-0.2, -0.15) is 0 Å². The largest absolute Gasteiger partial charge is 0.399 e. The molecular formula is C33H36N2O3. The molecule has 6 rings (SSSR count). The van der Waals surface area contributed by atoms with Crippen LogP contribution in [0.4, 0.5) is 11.4 Å². The SMILES string of the molecule is C.CC1=C(Nc2ccc3ccccc3c2)CCC1=O.CC1C(=O)CCC1=O.Nc1ccc2ccccc2c1. The molecule has 2 aliphatic rings. The van der Waals surface area contributed by atoms with Gasteiger partial charge in [-0.1, -0.05) is 68.1 Å². The molecule has 5 heteroatoms. The van der Waals surface area contributed by atoms with Gasteiger partial charge >= 0.3 is 0 Å². The molecule has 5 nitrogen and oxygen atoms in total. The number of Topliss-reactive ketones (excluding diaryl/α,β-unsaturated/α-hetero) is 3. The zero-order valence-electron chi connectivity index (χ0n) is 21.3.